The van der Waals surface area contributed by atoms with E-state index in [9.17, 15) is 9.35 Å². The quantitative estimate of drug-likeness (QED) is 0.0869. The van der Waals surface area contributed by atoms with Crippen LogP contribution in [0.4, 0.5) is 11.4 Å². The summed E-state index contributed by atoms with van der Waals surface area (Å²) in [6.45, 7) is 15.5. The molecule has 1 unspecified atom stereocenters. The number of carbonyl (C=O) groups is 1. The summed E-state index contributed by atoms with van der Waals surface area (Å²) in [5.74, 6) is 1.62. The van der Waals surface area contributed by atoms with E-state index in [4.69, 9.17) is 9.47 Å². The Kier molecular flexibility index (Phi) is 14.2. The van der Waals surface area contributed by atoms with Crippen LogP contribution in [-0.2, 0) is 33.0 Å². The molecule has 2 heterocycles. The summed E-state index contributed by atoms with van der Waals surface area (Å²) in [6, 6.07) is 20.1. The number of aryl methyl sites for hydroxylation is 2. The van der Waals surface area contributed by atoms with Crippen molar-refractivity contribution in [1.82, 2.24) is 9.55 Å². The lowest BCUT2D eigenvalue weighted by molar-refractivity contribution is -0.112. The van der Waals surface area contributed by atoms with Crippen molar-refractivity contribution in [3.8, 4) is 16.9 Å². The van der Waals surface area contributed by atoms with Crippen molar-refractivity contribution in [1.29, 1.82) is 0 Å². The highest BCUT2D eigenvalue weighted by molar-refractivity contribution is 7.90. The van der Waals surface area contributed by atoms with Crippen LogP contribution < -0.4 is 15.0 Å². The van der Waals surface area contributed by atoms with Crippen LogP contribution in [0.2, 0.25) is 0 Å². The molecule has 272 valence electrons. The SMILES string of the molecule is CCCCOCCOc1ccc(-c2cc3c(cc2C)N(CC(C)C)CCC/C(C(=O)Nc2ccc([S+]([O-])Cc4cncn4CCC)cc2)=C\3)cc1. The van der Waals surface area contributed by atoms with Gasteiger partial charge in [0.1, 0.15) is 12.4 Å². The number of amides is 1. The van der Waals surface area contributed by atoms with Gasteiger partial charge in [0.25, 0.3) is 5.91 Å². The van der Waals surface area contributed by atoms with E-state index in [1.54, 1.807) is 12.5 Å². The summed E-state index contributed by atoms with van der Waals surface area (Å²) in [4.78, 5) is 21.2. The van der Waals surface area contributed by atoms with E-state index in [1.165, 1.54) is 5.56 Å². The number of rotatable bonds is 17. The lowest BCUT2D eigenvalue weighted by Gasteiger charge is -2.31. The largest absolute Gasteiger partial charge is 0.611 e. The summed E-state index contributed by atoms with van der Waals surface area (Å²) in [6.07, 6.45) is 10.4. The molecule has 4 aromatic rings. The number of imidazole rings is 1. The van der Waals surface area contributed by atoms with Crippen molar-refractivity contribution in [3.63, 3.8) is 0 Å². The van der Waals surface area contributed by atoms with E-state index in [1.807, 2.05) is 36.4 Å². The van der Waals surface area contributed by atoms with E-state index in [-0.39, 0.29) is 5.91 Å². The molecule has 1 aromatic heterocycles. The normalized spacial score (nSPS) is 14.7. The standard InChI is InChI=1S/C42H54N4O4S/c1-6-8-21-49-22-23-50-38-15-11-33(12-16-38)40-26-35-25-34(10-9-20-45(28-31(3)4)41(35)24-32(40)5)42(47)44-36-13-17-39(18-14-36)51(48)29-37-27-43-30-46(37)19-7-2/h11-18,24-27,30-31H,6-10,19-23,28-29H2,1-5H3,(H,44,47)/b34-25+. The maximum atomic E-state index is 13.8. The molecule has 0 bridgehead atoms. The summed E-state index contributed by atoms with van der Waals surface area (Å²) in [5.41, 5.74) is 8.01. The number of aromatic nitrogens is 2. The molecule has 0 radical (unpaired) electrons. The molecule has 1 N–H and O–H groups in total. The zero-order valence-electron chi connectivity index (χ0n) is 31.0. The maximum absolute atomic E-state index is 13.8. The Labute approximate surface area is 307 Å². The Morgan fingerprint density at radius 2 is 1.80 bits per heavy atom. The Bertz CT molecular complexity index is 1730. The second-order valence-electron chi connectivity index (χ2n) is 13.7. The highest BCUT2D eigenvalue weighted by atomic mass is 32.2. The van der Waals surface area contributed by atoms with Crippen molar-refractivity contribution in [2.24, 2.45) is 5.92 Å². The number of hydrogen-bond donors (Lipinski definition) is 1. The molecule has 51 heavy (non-hydrogen) atoms. The molecule has 0 spiro atoms. The number of hydrogen-bond acceptors (Lipinski definition) is 6. The second kappa shape index (κ2) is 19.0. The smallest absolute Gasteiger partial charge is 0.251 e. The Hall–Kier alpha value is -4.05. The molecule has 3 aromatic carbocycles. The molecule has 1 amide bonds. The number of nitrogens with one attached hydrogen (secondary N) is 1. The molecule has 9 heteroatoms. The van der Waals surface area contributed by atoms with Gasteiger partial charge in [-0.25, -0.2) is 4.98 Å². The van der Waals surface area contributed by atoms with Crippen LogP contribution in [0.3, 0.4) is 0 Å². The third kappa shape index (κ3) is 10.7. The van der Waals surface area contributed by atoms with E-state index >= 15 is 0 Å². The van der Waals surface area contributed by atoms with Crippen LogP contribution in [0.25, 0.3) is 17.2 Å². The van der Waals surface area contributed by atoms with Crippen LogP contribution in [0.1, 0.15) is 76.6 Å². The van der Waals surface area contributed by atoms with Crippen molar-refractivity contribution in [2.75, 3.05) is 43.1 Å². The third-order valence-corrected chi connectivity index (χ3v) is 10.4. The van der Waals surface area contributed by atoms with Crippen LogP contribution in [-0.4, -0.2) is 52.9 Å². The van der Waals surface area contributed by atoms with Gasteiger partial charge in [0.05, 0.1) is 24.8 Å². The molecular formula is C42H54N4O4S. The van der Waals surface area contributed by atoms with Crippen molar-refractivity contribution >= 4 is 34.5 Å². The number of benzene rings is 3. The van der Waals surface area contributed by atoms with Gasteiger partial charge in [0.15, 0.2) is 10.6 Å². The number of nitrogens with zero attached hydrogens (tertiary/aromatic N) is 3. The third-order valence-electron chi connectivity index (χ3n) is 9.02. The average molecular weight is 711 g/mol. The highest BCUT2D eigenvalue weighted by Gasteiger charge is 2.21. The van der Waals surface area contributed by atoms with E-state index in [2.05, 4.69) is 84.7 Å². The molecule has 0 fully saturated rings. The molecule has 5 rings (SSSR count). The Balaban J connectivity index is 1.33. The van der Waals surface area contributed by atoms with E-state index in [0.29, 0.717) is 37.0 Å². The van der Waals surface area contributed by atoms with Crippen molar-refractivity contribution in [2.45, 2.75) is 83.9 Å². The summed E-state index contributed by atoms with van der Waals surface area (Å²) < 4.78 is 26.7. The van der Waals surface area contributed by atoms with Gasteiger partial charge < -0.3 is 28.8 Å². The fourth-order valence-electron chi connectivity index (χ4n) is 6.39. The molecule has 1 aliphatic rings. The molecule has 1 atom stereocenters. The van der Waals surface area contributed by atoms with Gasteiger partial charge in [0, 0.05) is 43.2 Å². The summed E-state index contributed by atoms with van der Waals surface area (Å²) in [5, 5.41) is 3.11. The molecule has 8 nitrogen and oxygen atoms in total. The van der Waals surface area contributed by atoms with Crippen LogP contribution in [0.5, 0.6) is 5.75 Å². The minimum absolute atomic E-state index is 0.113. The van der Waals surface area contributed by atoms with Crippen LogP contribution in [0, 0.1) is 12.8 Å². The summed E-state index contributed by atoms with van der Waals surface area (Å²) >= 11 is -1.22. The summed E-state index contributed by atoms with van der Waals surface area (Å²) in [7, 11) is 0. The van der Waals surface area contributed by atoms with Gasteiger partial charge >= 0.3 is 0 Å². The fraction of sp³-hybridized carbons (Fsp3) is 0.429. The Morgan fingerprint density at radius 3 is 2.53 bits per heavy atom. The van der Waals surface area contributed by atoms with Gasteiger partial charge in [0.2, 0.25) is 0 Å². The topological polar surface area (TPSA) is 91.7 Å². The number of unbranched alkanes of at least 4 members (excludes halogenated alkanes) is 1. The molecular weight excluding hydrogens is 657 g/mol. The van der Waals surface area contributed by atoms with Crippen molar-refractivity contribution < 1.29 is 18.8 Å². The van der Waals surface area contributed by atoms with Crippen LogP contribution >= 0.6 is 0 Å². The number of carbonyl (C=O) groups excluding carboxylic acids is 1. The Morgan fingerprint density at radius 1 is 1.02 bits per heavy atom. The van der Waals surface area contributed by atoms with E-state index in [0.717, 1.165) is 96.2 Å². The van der Waals surface area contributed by atoms with Gasteiger partial charge in [-0.2, -0.15) is 0 Å². The zero-order valence-corrected chi connectivity index (χ0v) is 31.8. The predicted molar refractivity (Wildman–Crippen MR) is 210 cm³/mol. The molecule has 1 aliphatic heterocycles. The average Bonchev–Trinajstić information content (AvgIpc) is 3.55. The van der Waals surface area contributed by atoms with Gasteiger partial charge in [-0.3, -0.25) is 4.79 Å². The minimum atomic E-state index is -1.22. The monoisotopic (exact) mass is 710 g/mol. The van der Waals surface area contributed by atoms with Crippen molar-refractivity contribution in [3.05, 3.63) is 95.6 Å². The van der Waals surface area contributed by atoms with Gasteiger partial charge in [-0.15, -0.1) is 0 Å². The van der Waals surface area contributed by atoms with E-state index < -0.39 is 11.2 Å². The first-order chi connectivity index (χ1) is 24.7. The molecule has 0 saturated heterocycles. The minimum Gasteiger partial charge on any atom is -0.611 e. The lowest BCUT2D eigenvalue weighted by Crippen LogP contribution is -2.30. The number of anilines is 2. The van der Waals surface area contributed by atoms with Crippen LogP contribution in [0.15, 0.2) is 83.7 Å². The molecule has 0 aliphatic carbocycles. The van der Waals surface area contributed by atoms with Gasteiger partial charge in [-0.1, -0.05) is 46.2 Å². The fourth-order valence-corrected chi connectivity index (χ4v) is 7.50. The first-order valence-electron chi connectivity index (χ1n) is 18.5. The number of fused-ring (bicyclic) bond motifs is 1. The zero-order chi connectivity index (χ0) is 36.2. The molecule has 0 saturated carbocycles. The highest BCUT2D eigenvalue weighted by Crippen LogP contribution is 2.36. The maximum Gasteiger partial charge on any atom is 0.251 e. The van der Waals surface area contributed by atoms with Gasteiger partial charge in [-0.05, 0) is 127 Å². The second-order valence-corrected chi connectivity index (χ2v) is 15.2. The number of ether oxygens (including phenoxy) is 2. The lowest BCUT2D eigenvalue weighted by atomic mass is 9.93. The predicted octanol–water partition coefficient (Wildman–Crippen LogP) is 9.05. The first kappa shape index (κ1) is 38.2. The first-order valence-corrected chi connectivity index (χ1v) is 19.8.